The second kappa shape index (κ2) is 22.3. The fraction of sp³-hybridized carbons (Fsp3) is 0.871. The smallest absolute Gasteiger partial charge is 0.234 e. The van der Waals surface area contributed by atoms with Gasteiger partial charge in [0.15, 0.2) is 12.6 Å². The number of rotatable bonds is 21. The lowest BCUT2D eigenvalue weighted by Gasteiger charge is -2.40. The van der Waals surface area contributed by atoms with Gasteiger partial charge in [-0.15, -0.1) is 0 Å². The first kappa shape index (κ1) is 42.6. The molecule has 10 atom stereocenters. The van der Waals surface area contributed by atoms with Gasteiger partial charge in [-0.25, -0.2) is 0 Å². The number of aliphatic hydroxyl groups is 5. The van der Waals surface area contributed by atoms with Crippen molar-refractivity contribution >= 4 is 23.6 Å². The largest absolute Gasteiger partial charge is 0.390 e. The standard InChI is InChI=1S/C31H57N5O13/c1-5-32-21(37)9-7-6-8-10-33-22(38)15-36(16-23(39)34-11-13-46-30-18(2)25(41)26(42)19(3)48-30)17-24(40)35-12-14-47-31-29(45)28(44)27(43)20(4)49-31/h18-20,25-31,41-45H,5-17H2,1-4H3,(H,32,37)(H,33,38)(H,34,39)(H,35,40)/t18-,19-,20-,25-,26+,27+,28+,29-,30+,31+/m0/s1. The molecule has 0 aromatic carbocycles. The Morgan fingerprint density at radius 2 is 1.08 bits per heavy atom. The van der Waals surface area contributed by atoms with Crippen LogP contribution in [0.25, 0.3) is 0 Å². The molecular formula is C31H57N5O13. The van der Waals surface area contributed by atoms with E-state index in [1.165, 1.54) is 11.8 Å². The first-order chi connectivity index (χ1) is 23.2. The van der Waals surface area contributed by atoms with Crippen molar-refractivity contribution in [1.29, 1.82) is 0 Å². The Balaban J connectivity index is 1.81. The minimum Gasteiger partial charge on any atom is -0.390 e. The van der Waals surface area contributed by atoms with E-state index in [-0.39, 0.29) is 51.8 Å². The van der Waals surface area contributed by atoms with Crippen molar-refractivity contribution in [2.75, 3.05) is 59.0 Å². The highest BCUT2D eigenvalue weighted by molar-refractivity contribution is 5.84. The molecule has 284 valence electrons. The monoisotopic (exact) mass is 707 g/mol. The van der Waals surface area contributed by atoms with E-state index in [0.29, 0.717) is 32.4 Å². The minimum absolute atomic E-state index is 0.00963. The Morgan fingerprint density at radius 1 is 0.592 bits per heavy atom. The molecule has 18 nitrogen and oxygen atoms in total. The van der Waals surface area contributed by atoms with Crippen LogP contribution in [0.5, 0.6) is 0 Å². The molecule has 18 heteroatoms. The number of carbonyl (C=O) groups is 4. The van der Waals surface area contributed by atoms with Crippen LogP contribution in [-0.2, 0) is 38.1 Å². The third-order valence-corrected chi connectivity index (χ3v) is 8.25. The number of unbranched alkanes of at least 4 members (excludes halogenated alkanes) is 2. The Morgan fingerprint density at radius 3 is 1.63 bits per heavy atom. The molecule has 0 aromatic rings. The molecule has 0 spiro atoms. The average Bonchev–Trinajstić information content (AvgIpc) is 3.05. The first-order valence-electron chi connectivity index (χ1n) is 17.0. The summed E-state index contributed by atoms with van der Waals surface area (Å²) < 4.78 is 22.0. The molecular weight excluding hydrogens is 650 g/mol. The maximum Gasteiger partial charge on any atom is 0.234 e. The van der Waals surface area contributed by atoms with Crippen LogP contribution >= 0.6 is 0 Å². The molecule has 9 N–H and O–H groups in total. The van der Waals surface area contributed by atoms with Crippen molar-refractivity contribution in [1.82, 2.24) is 26.2 Å². The van der Waals surface area contributed by atoms with Gasteiger partial charge in [0.1, 0.15) is 24.4 Å². The highest BCUT2D eigenvalue weighted by atomic mass is 16.7. The van der Waals surface area contributed by atoms with Crippen molar-refractivity contribution in [3.05, 3.63) is 0 Å². The molecule has 2 aliphatic rings. The maximum atomic E-state index is 12.8. The molecule has 0 radical (unpaired) electrons. The van der Waals surface area contributed by atoms with E-state index in [9.17, 15) is 44.7 Å². The predicted octanol–water partition coefficient (Wildman–Crippen LogP) is -3.70. The average molecular weight is 708 g/mol. The zero-order valence-corrected chi connectivity index (χ0v) is 28.9. The summed E-state index contributed by atoms with van der Waals surface area (Å²) >= 11 is 0. The van der Waals surface area contributed by atoms with E-state index in [0.717, 1.165) is 6.42 Å². The molecule has 0 aromatic heterocycles. The lowest BCUT2D eigenvalue weighted by atomic mass is 9.93. The van der Waals surface area contributed by atoms with Crippen LogP contribution in [-0.4, -0.2) is 168 Å². The Hall–Kier alpha value is -2.52. The summed E-state index contributed by atoms with van der Waals surface area (Å²) in [5.41, 5.74) is 0. The quantitative estimate of drug-likeness (QED) is 0.0521. The molecule has 2 heterocycles. The fourth-order valence-electron chi connectivity index (χ4n) is 5.28. The van der Waals surface area contributed by atoms with Gasteiger partial charge in [-0.1, -0.05) is 13.3 Å². The predicted molar refractivity (Wildman–Crippen MR) is 172 cm³/mol. The van der Waals surface area contributed by atoms with Gasteiger partial charge in [-0.2, -0.15) is 0 Å². The summed E-state index contributed by atoms with van der Waals surface area (Å²) in [5, 5.41) is 60.7. The van der Waals surface area contributed by atoms with Crippen LogP contribution in [0.3, 0.4) is 0 Å². The van der Waals surface area contributed by atoms with Gasteiger partial charge in [-0.05, 0) is 33.6 Å². The van der Waals surface area contributed by atoms with E-state index in [2.05, 4.69) is 21.3 Å². The van der Waals surface area contributed by atoms with Gasteiger partial charge in [0.2, 0.25) is 23.6 Å². The zero-order valence-electron chi connectivity index (χ0n) is 28.9. The van der Waals surface area contributed by atoms with Crippen LogP contribution in [0.15, 0.2) is 0 Å². The van der Waals surface area contributed by atoms with E-state index in [4.69, 9.17) is 18.9 Å². The second-order valence-corrected chi connectivity index (χ2v) is 12.4. The third-order valence-electron chi connectivity index (χ3n) is 8.25. The highest BCUT2D eigenvalue weighted by Gasteiger charge is 2.42. The summed E-state index contributed by atoms with van der Waals surface area (Å²) in [6.45, 7) is 6.78. The molecule has 49 heavy (non-hydrogen) atoms. The van der Waals surface area contributed by atoms with E-state index in [1.54, 1.807) is 13.8 Å². The number of carbonyl (C=O) groups excluding carboxylic acids is 4. The second-order valence-electron chi connectivity index (χ2n) is 12.4. The number of hydrogen-bond acceptors (Lipinski definition) is 14. The van der Waals surface area contributed by atoms with Crippen LogP contribution in [0.4, 0.5) is 0 Å². The van der Waals surface area contributed by atoms with E-state index >= 15 is 0 Å². The maximum absolute atomic E-state index is 12.8. The Bertz CT molecular complexity index is 970. The zero-order chi connectivity index (χ0) is 36.5. The van der Waals surface area contributed by atoms with Crippen LogP contribution in [0.1, 0.15) is 53.4 Å². The number of ether oxygens (including phenoxy) is 4. The number of nitrogens with one attached hydrogen (secondary N) is 4. The third kappa shape index (κ3) is 15.1. The number of nitrogens with zero attached hydrogens (tertiary/aromatic N) is 1. The number of hydrogen-bond donors (Lipinski definition) is 9. The summed E-state index contributed by atoms with van der Waals surface area (Å²) in [6, 6.07) is 0. The molecule has 2 fully saturated rings. The van der Waals surface area contributed by atoms with Crippen LogP contribution in [0.2, 0.25) is 0 Å². The van der Waals surface area contributed by atoms with E-state index in [1.807, 2.05) is 6.92 Å². The molecule has 2 aliphatic heterocycles. The van der Waals surface area contributed by atoms with Crippen LogP contribution < -0.4 is 21.3 Å². The van der Waals surface area contributed by atoms with Gasteiger partial charge in [0.05, 0.1) is 51.2 Å². The highest BCUT2D eigenvalue weighted by Crippen LogP contribution is 2.26. The van der Waals surface area contributed by atoms with Crippen molar-refractivity contribution in [2.24, 2.45) is 5.92 Å². The molecule has 0 saturated carbocycles. The first-order valence-corrected chi connectivity index (χ1v) is 17.0. The molecule has 0 bridgehead atoms. The SMILES string of the molecule is CCNC(=O)CCCCCNC(=O)CN(CC(=O)NCCO[C@@H]1O[C@@H](C)[C@@H](O)[C@@H](O)[C@@H]1C)CC(=O)NCCO[C@@H]1O[C@@H](C)[C@@H](O)[C@@H](O)[C@@H]1O. The lowest BCUT2D eigenvalue weighted by Crippen LogP contribution is -2.57. The van der Waals surface area contributed by atoms with Gasteiger partial charge >= 0.3 is 0 Å². The summed E-state index contributed by atoms with van der Waals surface area (Å²) in [4.78, 5) is 51.1. The molecule has 0 unspecified atom stereocenters. The molecule has 4 amide bonds. The lowest BCUT2D eigenvalue weighted by molar-refractivity contribution is -0.292. The fourth-order valence-corrected chi connectivity index (χ4v) is 5.28. The Kier molecular flexibility index (Phi) is 19.4. The minimum atomic E-state index is -1.48. The summed E-state index contributed by atoms with van der Waals surface area (Å²) in [7, 11) is 0. The van der Waals surface area contributed by atoms with Gasteiger partial charge in [0, 0.05) is 38.5 Å². The van der Waals surface area contributed by atoms with Crippen molar-refractivity contribution in [2.45, 2.75) is 109 Å². The molecule has 0 aliphatic carbocycles. The molecule has 2 rings (SSSR count). The van der Waals surface area contributed by atoms with Crippen molar-refractivity contribution < 1.29 is 63.7 Å². The number of amides is 4. The summed E-state index contributed by atoms with van der Waals surface area (Å²) in [5.74, 6) is -1.89. The molecule has 2 saturated heterocycles. The van der Waals surface area contributed by atoms with Gasteiger partial charge < -0.3 is 65.7 Å². The van der Waals surface area contributed by atoms with E-state index < -0.39 is 78.9 Å². The van der Waals surface area contributed by atoms with Crippen molar-refractivity contribution in [3.8, 4) is 0 Å². The summed E-state index contributed by atoms with van der Waals surface area (Å²) in [6.07, 6.45) is -7.19. The number of aliphatic hydroxyl groups excluding tert-OH is 5. The van der Waals surface area contributed by atoms with Crippen LogP contribution in [0, 0.1) is 5.92 Å². The van der Waals surface area contributed by atoms with Gasteiger partial charge in [0.25, 0.3) is 0 Å². The Labute approximate surface area is 287 Å². The van der Waals surface area contributed by atoms with Gasteiger partial charge in [-0.3, -0.25) is 24.1 Å². The normalized spacial score (nSPS) is 30.1. The topological polar surface area (TPSA) is 258 Å². The van der Waals surface area contributed by atoms with Crippen molar-refractivity contribution in [3.63, 3.8) is 0 Å².